The van der Waals surface area contributed by atoms with Gasteiger partial charge in [-0.15, -0.1) is 0 Å². The predicted octanol–water partition coefficient (Wildman–Crippen LogP) is 14.5. The minimum atomic E-state index is 0.613. The largest absolute Gasteiger partial charge is 0.456 e. The first-order chi connectivity index (χ1) is 29.7. The molecule has 0 amide bonds. The van der Waals surface area contributed by atoms with Crippen LogP contribution in [0.15, 0.2) is 205 Å². The third-order valence-corrected chi connectivity index (χ3v) is 11.4. The number of benzene rings is 8. The summed E-state index contributed by atoms with van der Waals surface area (Å²) in [6.07, 6.45) is 6.46. The van der Waals surface area contributed by atoms with Gasteiger partial charge in [0.2, 0.25) is 0 Å². The van der Waals surface area contributed by atoms with Gasteiger partial charge < -0.3 is 9.32 Å². The molecule has 0 aliphatic heterocycles. The molecule has 2 aromatic heterocycles. The van der Waals surface area contributed by atoms with Crippen LogP contribution in [0.3, 0.4) is 0 Å². The molecule has 11 rings (SSSR count). The van der Waals surface area contributed by atoms with E-state index >= 15 is 0 Å². The molecule has 60 heavy (non-hydrogen) atoms. The summed E-state index contributed by atoms with van der Waals surface area (Å²) >= 11 is 0. The van der Waals surface area contributed by atoms with Gasteiger partial charge in [0.25, 0.3) is 0 Å². The number of aromatic nitrogens is 3. The zero-order chi connectivity index (χ0) is 39.8. The van der Waals surface area contributed by atoms with Crippen molar-refractivity contribution in [2.45, 2.75) is 12.8 Å². The smallest absolute Gasteiger partial charge is 0.164 e. The Balaban J connectivity index is 1.02. The summed E-state index contributed by atoms with van der Waals surface area (Å²) in [5.41, 5.74) is 15.0. The van der Waals surface area contributed by atoms with Crippen molar-refractivity contribution in [3.63, 3.8) is 0 Å². The van der Waals surface area contributed by atoms with E-state index in [9.17, 15) is 0 Å². The van der Waals surface area contributed by atoms with Crippen LogP contribution in [0.1, 0.15) is 17.5 Å². The Morgan fingerprint density at radius 3 is 1.53 bits per heavy atom. The standard InChI is InChI=1S/C55H38N4O/c1-5-16-37(17-6-1)38-28-32-43(33-29-38)59(42-22-11-4-12-23-42)44-34-30-39(31-35-44)48-36-50-51(46-25-14-13-24-45(46)48)52-47(26-15-27-49(52)60-50)55-57-53(40-18-7-2-8-19-40)56-54(58-55)41-20-9-3-10-21-41/h1-12,14-23,25-36H,13,24H2. The minimum absolute atomic E-state index is 0.613. The van der Waals surface area contributed by atoms with Crippen molar-refractivity contribution in [3.05, 3.63) is 211 Å². The molecule has 0 saturated carbocycles. The fraction of sp³-hybridized carbons (Fsp3) is 0.0364. The lowest BCUT2D eigenvalue weighted by molar-refractivity contribution is 0.669. The van der Waals surface area contributed by atoms with Crippen molar-refractivity contribution in [2.24, 2.45) is 0 Å². The number of allylic oxidation sites excluding steroid dienone is 1. The molecule has 284 valence electrons. The monoisotopic (exact) mass is 770 g/mol. The van der Waals surface area contributed by atoms with Gasteiger partial charge >= 0.3 is 0 Å². The van der Waals surface area contributed by atoms with Gasteiger partial charge in [0.15, 0.2) is 17.5 Å². The SMILES string of the molecule is C1=Cc2c(c(-c3ccc(N(c4ccccc4)c4ccc(-c5ccccc5)cc4)cc3)cc3oc4cccc(-c5nc(-c6ccccc6)nc(-c6ccccc6)n5)c4c23)CC1. The normalized spacial score (nSPS) is 12.1. The molecule has 1 aliphatic carbocycles. The summed E-state index contributed by atoms with van der Waals surface area (Å²) in [5.74, 6) is 1.88. The topological polar surface area (TPSA) is 55.1 Å². The van der Waals surface area contributed by atoms with E-state index in [1.807, 2.05) is 72.8 Å². The molecule has 2 heterocycles. The Labute approximate surface area is 348 Å². The van der Waals surface area contributed by atoms with Gasteiger partial charge in [-0.1, -0.05) is 158 Å². The predicted molar refractivity (Wildman–Crippen MR) is 246 cm³/mol. The highest BCUT2D eigenvalue weighted by atomic mass is 16.3. The molecule has 0 bridgehead atoms. The Kier molecular flexibility index (Phi) is 8.90. The Morgan fingerprint density at radius 2 is 0.917 bits per heavy atom. The average Bonchev–Trinajstić information content (AvgIpc) is 3.72. The van der Waals surface area contributed by atoms with Gasteiger partial charge in [-0.05, 0) is 94.8 Å². The molecule has 1 aliphatic rings. The average molecular weight is 771 g/mol. The molecule has 8 aromatic carbocycles. The molecule has 0 unspecified atom stereocenters. The van der Waals surface area contributed by atoms with Gasteiger partial charge in [-0.25, -0.2) is 15.0 Å². The van der Waals surface area contributed by atoms with E-state index in [4.69, 9.17) is 19.4 Å². The maximum Gasteiger partial charge on any atom is 0.164 e. The van der Waals surface area contributed by atoms with Crippen LogP contribution < -0.4 is 4.90 Å². The third-order valence-electron chi connectivity index (χ3n) is 11.4. The summed E-state index contributed by atoms with van der Waals surface area (Å²) in [6.45, 7) is 0. The van der Waals surface area contributed by atoms with E-state index in [2.05, 4.69) is 138 Å². The van der Waals surface area contributed by atoms with Crippen molar-refractivity contribution in [2.75, 3.05) is 4.90 Å². The summed E-state index contributed by atoms with van der Waals surface area (Å²) in [7, 11) is 0. The van der Waals surface area contributed by atoms with E-state index in [0.29, 0.717) is 17.5 Å². The zero-order valence-electron chi connectivity index (χ0n) is 32.7. The first kappa shape index (κ1) is 35.3. The molecule has 0 saturated heterocycles. The van der Waals surface area contributed by atoms with Gasteiger partial charge in [0.05, 0.1) is 0 Å². The zero-order valence-corrected chi connectivity index (χ0v) is 32.7. The molecule has 0 atom stereocenters. The Morgan fingerprint density at radius 1 is 0.400 bits per heavy atom. The number of para-hydroxylation sites is 1. The molecule has 5 heteroatoms. The number of nitrogens with zero attached hydrogens (tertiary/aromatic N) is 4. The van der Waals surface area contributed by atoms with E-state index in [-0.39, 0.29) is 0 Å². The second-order valence-corrected chi connectivity index (χ2v) is 15.1. The van der Waals surface area contributed by atoms with Crippen molar-refractivity contribution in [1.82, 2.24) is 15.0 Å². The number of rotatable bonds is 8. The molecule has 0 radical (unpaired) electrons. The van der Waals surface area contributed by atoms with Gasteiger partial charge in [-0.2, -0.15) is 0 Å². The van der Waals surface area contributed by atoms with Crippen LogP contribution in [-0.4, -0.2) is 15.0 Å². The van der Waals surface area contributed by atoms with Crippen LogP contribution in [0.25, 0.3) is 84.4 Å². The quantitative estimate of drug-likeness (QED) is 0.154. The van der Waals surface area contributed by atoms with Crippen LogP contribution in [0.4, 0.5) is 17.1 Å². The summed E-state index contributed by atoms with van der Waals surface area (Å²) < 4.78 is 6.78. The maximum atomic E-state index is 6.78. The number of fused-ring (bicyclic) bond motifs is 5. The van der Waals surface area contributed by atoms with E-state index in [0.717, 1.165) is 74.1 Å². The molecule has 10 aromatic rings. The highest BCUT2D eigenvalue weighted by molar-refractivity contribution is 6.16. The van der Waals surface area contributed by atoms with Crippen molar-refractivity contribution in [3.8, 4) is 56.4 Å². The van der Waals surface area contributed by atoms with E-state index < -0.39 is 0 Å². The Hall–Kier alpha value is -7.89. The fourth-order valence-corrected chi connectivity index (χ4v) is 8.55. The van der Waals surface area contributed by atoms with Crippen molar-refractivity contribution in [1.29, 1.82) is 0 Å². The third kappa shape index (κ3) is 6.43. The summed E-state index contributed by atoms with van der Waals surface area (Å²) in [4.78, 5) is 17.5. The van der Waals surface area contributed by atoms with Crippen LogP contribution in [0.5, 0.6) is 0 Å². The lowest BCUT2D eigenvalue weighted by atomic mass is 9.86. The number of hydrogen-bond acceptors (Lipinski definition) is 5. The lowest BCUT2D eigenvalue weighted by Gasteiger charge is -2.26. The van der Waals surface area contributed by atoms with E-state index in [1.165, 1.54) is 27.8 Å². The van der Waals surface area contributed by atoms with Crippen LogP contribution >= 0.6 is 0 Å². The number of anilines is 3. The van der Waals surface area contributed by atoms with Gasteiger partial charge in [0, 0.05) is 44.5 Å². The summed E-state index contributed by atoms with van der Waals surface area (Å²) in [5, 5.41) is 2.10. The maximum absolute atomic E-state index is 6.78. The van der Waals surface area contributed by atoms with Crippen molar-refractivity contribution >= 4 is 45.1 Å². The molecular weight excluding hydrogens is 733 g/mol. The second kappa shape index (κ2) is 15.1. The first-order valence-electron chi connectivity index (χ1n) is 20.4. The number of furan rings is 1. The van der Waals surface area contributed by atoms with Crippen LogP contribution in [-0.2, 0) is 6.42 Å². The van der Waals surface area contributed by atoms with Crippen LogP contribution in [0.2, 0.25) is 0 Å². The first-order valence-corrected chi connectivity index (χ1v) is 20.4. The van der Waals surface area contributed by atoms with Gasteiger partial charge in [-0.3, -0.25) is 0 Å². The highest BCUT2D eigenvalue weighted by Crippen LogP contribution is 2.45. The second-order valence-electron chi connectivity index (χ2n) is 15.1. The van der Waals surface area contributed by atoms with Crippen molar-refractivity contribution < 1.29 is 4.42 Å². The number of hydrogen-bond donors (Lipinski definition) is 0. The fourth-order valence-electron chi connectivity index (χ4n) is 8.55. The minimum Gasteiger partial charge on any atom is -0.456 e. The summed E-state index contributed by atoms with van der Waals surface area (Å²) in [6, 6.07) is 67.5. The lowest BCUT2D eigenvalue weighted by Crippen LogP contribution is -2.09. The molecule has 0 spiro atoms. The molecule has 5 nitrogen and oxygen atoms in total. The molecular formula is C55H38N4O. The Bertz CT molecular complexity index is 3100. The molecule has 0 fully saturated rings. The van der Waals surface area contributed by atoms with Crippen LogP contribution in [0, 0.1) is 0 Å². The highest BCUT2D eigenvalue weighted by Gasteiger charge is 2.24. The molecule has 0 N–H and O–H groups in total. The van der Waals surface area contributed by atoms with Gasteiger partial charge in [0.1, 0.15) is 11.2 Å². The van der Waals surface area contributed by atoms with E-state index in [1.54, 1.807) is 0 Å².